The first kappa shape index (κ1) is 13.7. The molecule has 1 fully saturated rings. The smallest absolute Gasteiger partial charge is 0.167 e. The molecule has 0 heterocycles. The first-order valence-corrected chi connectivity index (χ1v) is 6.61. The quantitative estimate of drug-likeness (QED) is 0.716. The summed E-state index contributed by atoms with van der Waals surface area (Å²) in [5.41, 5.74) is -0.460. The molecule has 2 heteroatoms. The van der Waals surface area contributed by atoms with Crippen LogP contribution in [0.5, 0.6) is 0 Å². The predicted molar refractivity (Wildman–Crippen MR) is 66.4 cm³/mol. The van der Waals surface area contributed by atoms with Gasteiger partial charge in [0.2, 0.25) is 0 Å². The standard InChI is InChI=1S/C14H26O2/c1-10(2)12(5)16-14(8-6-7-9-14)13(15)11(3)4/h10-12H,6-9H2,1-5H3. The molecule has 0 bridgehead atoms. The normalized spacial score (nSPS) is 21.7. The van der Waals surface area contributed by atoms with E-state index in [9.17, 15) is 4.79 Å². The Kier molecular flexibility index (Phi) is 4.54. The lowest BCUT2D eigenvalue weighted by atomic mass is 9.88. The molecule has 0 aromatic heterocycles. The second-order valence-electron chi connectivity index (χ2n) is 5.79. The van der Waals surface area contributed by atoms with Crippen molar-refractivity contribution in [3.63, 3.8) is 0 Å². The van der Waals surface area contributed by atoms with Gasteiger partial charge in [-0.3, -0.25) is 4.79 Å². The van der Waals surface area contributed by atoms with Crippen molar-refractivity contribution in [1.29, 1.82) is 0 Å². The van der Waals surface area contributed by atoms with Crippen LogP contribution < -0.4 is 0 Å². The summed E-state index contributed by atoms with van der Waals surface area (Å²) in [4.78, 5) is 12.3. The Bertz CT molecular complexity index is 237. The van der Waals surface area contributed by atoms with Gasteiger partial charge in [0.05, 0.1) is 6.10 Å². The number of hydrogen-bond acceptors (Lipinski definition) is 2. The Labute approximate surface area is 99.8 Å². The van der Waals surface area contributed by atoms with Crippen LogP contribution in [-0.4, -0.2) is 17.5 Å². The summed E-state index contributed by atoms with van der Waals surface area (Å²) in [5, 5.41) is 0. The van der Waals surface area contributed by atoms with Crippen LogP contribution in [0.4, 0.5) is 0 Å². The van der Waals surface area contributed by atoms with Gasteiger partial charge < -0.3 is 4.74 Å². The number of hydrogen-bond donors (Lipinski definition) is 0. The van der Waals surface area contributed by atoms with Crippen LogP contribution in [0.1, 0.15) is 60.3 Å². The third-order valence-corrected chi connectivity index (χ3v) is 3.73. The average Bonchev–Trinajstić information content (AvgIpc) is 2.66. The van der Waals surface area contributed by atoms with E-state index in [0.29, 0.717) is 11.7 Å². The van der Waals surface area contributed by atoms with Crippen LogP contribution in [0.2, 0.25) is 0 Å². The second-order valence-corrected chi connectivity index (χ2v) is 5.79. The predicted octanol–water partition coefficient (Wildman–Crippen LogP) is 3.59. The van der Waals surface area contributed by atoms with Gasteiger partial charge in [-0.25, -0.2) is 0 Å². The van der Waals surface area contributed by atoms with Gasteiger partial charge in [-0.05, 0) is 38.5 Å². The first-order chi connectivity index (χ1) is 7.39. The van der Waals surface area contributed by atoms with Crippen LogP contribution >= 0.6 is 0 Å². The highest BCUT2D eigenvalue weighted by molar-refractivity contribution is 5.89. The maximum absolute atomic E-state index is 12.3. The zero-order valence-corrected chi connectivity index (χ0v) is 11.4. The lowest BCUT2D eigenvalue weighted by Gasteiger charge is -2.34. The van der Waals surface area contributed by atoms with Crippen molar-refractivity contribution in [1.82, 2.24) is 0 Å². The molecule has 1 atom stereocenters. The average molecular weight is 226 g/mol. The molecular formula is C14H26O2. The highest BCUT2D eigenvalue weighted by Gasteiger charge is 2.44. The number of carbonyl (C=O) groups is 1. The van der Waals surface area contributed by atoms with Crippen molar-refractivity contribution >= 4 is 5.78 Å². The molecule has 0 aromatic rings. The van der Waals surface area contributed by atoms with E-state index in [1.54, 1.807) is 0 Å². The lowest BCUT2D eigenvalue weighted by Crippen LogP contribution is -2.44. The van der Waals surface area contributed by atoms with Crippen molar-refractivity contribution in [2.24, 2.45) is 11.8 Å². The summed E-state index contributed by atoms with van der Waals surface area (Å²) >= 11 is 0. The Hall–Kier alpha value is -0.370. The molecule has 1 rings (SSSR count). The number of carbonyl (C=O) groups excluding carboxylic acids is 1. The van der Waals surface area contributed by atoms with E-state index >= 15 is 0 Å². The van der Waals surface area contributed by atoms with Gasteiger partial charge in [0, 0.05) is 5.92 Å². The Balaban J connectivity index is 2.77. The minimum atomic E-state index is -0.460. The minimum absolute atomic E-state index is 0.0810. The summed E-state index contributed by atoms with van der Waals surface area (Å²) in [7, 11) is 0. The van der Waals surface area contributed by atoms with Crippen LogP contribution in [0.15, 0.2) is 0 Å². The molecule has 1 aliphatic rings. The Morgan fingerprint density at radius 1 is 1.06 bits per heavy atom. The Morgan fingerprint density at radius 2 is 1.56 bits per heavy atom. The first-order valence-electron chi connectivity index (χ1n) is 6.61. The molecule has 0 aliphatic heterocycles. The Morgan fingerprint density at radius 3 is 1.94 bits per heavy atom. The third-order valence-electron chi connectivity index (χ3n) is 3.73. The molecule has 94 valence electrons. The molecule has 0 radical (unpaired) electrons. The summed E-state index contributed by atoms with van der Waals surface area (Å²) in [6, 6.07) is 0. The van der Waals surface area contributed by atoms with E-state index in [1.165, 1.54) is 0 Å². The zero-order valence-electron chi connectivity index (χ0n) is 11.4. The van der Waals surface area contributed by atoms with Gasteiger partial charge in [0.15, 0.2) is 5.78 Å². The number of rotatable bonds is 5. The molecule has 0 saturated heterocycles. The van der Waals surface area contributed by atoms with Crippen molar-refractivity contribution in [3.05, 3.63) is 0 Å². The van der Waals surface area contributed by atoms with Crippen molar-refractivity contribution < 1.29 is 9.53 Å². The summed E-state index contributed by atoms with van der Waals surface area (Å²) in [6.45, 7) is 10.3. The molecular weight excluding hydrogens is 200 g/mol. The highest BCUT2D eigenvalue weighted by Crippen LogP contribution is 2.37. The van der Waals surface area contributed by atoms with Crippen molar-refractivity contribution in [2.45, 2.75) is 72.0 Å². The van der Waals surface area contributed by atoms with E-state index in [-0.39, 0.29) is 12.0 Å². The molecule has 16 heavy (non-hydrogen) atoms. The van der Waals surface area contributed by atoms with E-state index in [0.717, 1.165) is 25.7 Å². The number of ether oxygens (including phenoxy) is 1. The third kappa shape index (κ3) is 2.85. The molecule has 0 aromatic carbocycles. The molecule has 1 saturated carbocycles. The van der Waals surface area contributed by atoms with E-state index < -0.39 is 5.60 Å². The fourth-order valence-electron chi connectivity index (χ4n) is 2.39. The van der Waals surface area contributed by atoms with Gasteiger partial charge in [0.25, 0.3) is 0 Å². The maximum Gasteiger partial charge on any atom is 0.167 e. The van der Waals surface area contributed by atoms with Crippen molar-refractivity contribution in [2.75, 3.05) is 0 Å². The van der Waals surface area contributed by atoms with Gasteiger partial charge >= 0.3 is 0 Å². The topological polar surface area (TPSA) is 26.3 Å². The van der Waals surface area contributed by atoms with Gasteiger partial charge in [-0.2, -0.15) is 0 Å². The second kappa shape index (κ2) is 5.31. The fourth-order valence-corrected chi connectivity index (χ4v) is 2.39. The monoisotopic (exact) mass is 226 g/mol. The van der Waals surface area contributed by atoms with E-state index in [1.807, 2.05) is 13.8 Å². The van der Waals surface area contributed by atoms with Crippen molar-refractivity contribution in [3.8, 4) is 0 Å². The lowest BCUT2D eigenvalue weighted by molar-refractivity contribution is -0.157. The maximum atomic E-state index is 12.3. The van der Waals surface area contributed by atoms with Gasteiger partial charge in [-0.1, -0.05) is 27.7 Å². The minimum Gasteiger partial charge on any atom is -0.364 e. The van der Waals surface area contributed by atoms with Gasteiger partial charge in [0.1, 0.15) is 5.60 Å². The molecule has 0 spiro atoms. The largest absolute Gasteiger partial charge is 0.364 e. The highest BCUT2D eigenvalue weighted by atomic mass is 16.5. The number of ketones is 1. The SMILES string of the molecule is CC(C)C(=O)C1(OC(C)C(C)C)CCCC1. The molecule has 2 nitrogen and oxygen atoms in total. The zero-order chi connectivity index (χ0) is 12.3. The number of Topliss-reactive ketones (excluding diaryl/α,β-unsaturated/α-hetero) is 1. The molecule has 1 aliphatic carbocycles. The molecule has 1 unspecified atom stereocenters. The summed E-state index contributed by atoms with van der Waals surface area (Å²) < 4.78 is 6.13. The van der Waals surface area contributed by atoms with Crippen LogP contribution in [0.3, 0.4) is 0 Å². The fraction of sp³-hybridized carbons (Fsp3) is 0.929. The molecule has 0 amide bonds. The molecule has 0 N–H and O–H groups in total. The van der Waals surface area contributed by atoms with Gasteiger partial charge in [-0.15, -0.1) is 0 Å². The summed E-state index contributed by atoms with van der Waals surface area (Å²) in [5.74, 6) is 0.854. The van der Waals surface area contributed by atoms with Crippen LogP contribution in [-0.2, 0) is 9.53 Å². The van der Waals surface area contributed by atoms with E-state index in [4.69, 9.17) is 4.74 Å². The van der Waals surface area contributed by atoms with E-state index in [2.05, 4.69) is 20.8 Å². The summed E-state index contributed by atoms with van der Waals surface area (Å²) in [6.07, 6.45) is 4.26. The van der Waals surface area contributed by atoms with Crippen LogP contribution in [0.25, 0.3) is 0 Å². The van der Waals surface area contributed by atoms with Crippen LogP contribution in [0, 0.1) is 11.8 Å².